The maximum atomic E-state index is 9.41. The number of aliphatic hydroxyl groups is 1. The van der Waals surface area contributed by atoms with Crippen molar-refractivity contribution in [2.24, 2.45) is 0 Å². The minimum Gasteiger partial charge on any atom is -0.497 e. The molecule has 0 aliphatic carbocycles. The molecule has 80 valence electrons. The predicted octanol–water partition coefficient (Wildman–Crippen LogP) is 1.71. The lowest BCUT2D eigenvalue weighted by Crippen LogP contribution is -2.04. The lowest BCUT2D eigenvalue weighted by atomic mass is 10.1. The summed E-state index contributed by atoms with van der Waals surface area (Å²) in [5, 5.41) is 9.41. The van der Waals surface area contributed by atoms with Crippen molar-refractivity contribution in [2.75, 3.05) is 7.11 Å². The van der Waals surface area contributed by atoms with E-state index in [0.717, 1.165) is 11.3 Å². The Morgan fingerprint density at radius 1 is 1.38 bits per heavy atom. The molecule has 0 radical (unpaired) electrons. The Morgan fingerprint density at radius 2 is 2.00 bits per heavy atom. The van der Waals surface area contributed by atoms with E-state index in [-0.39, 0.29) is 0 Å². The molecule has 0 aliphatic rings. The van der Waals surface area contributed by atoms with E-state index in [2.05, 4.69) is 11.8 Å². The van der Waals surface area contributed by atoms with Crippen LogP contribution in [-0.2, 0) is 0 Å². The highest BCUT2D eigenvalue weighted by Crippen LogP contribution is 2.14. The third-order valence-corrected chi connectivity index (χ3v) is 2.06. The molecule has 2 heteroatoms. The first-order valence-corrected chi connectivity index (χ1v) is 4.67. The third-order valence-electron chi connectivity index (χ3n) is 2.06. The molecule has 2 nitrogen and oxygen atoms in total. The van der Waals surface area contributed by atoms with Crippen molar-refractivity contribution in [2.45, 2.75) is 6.10 Å². The van der Waals surface area contributed by atoms with Crippen LogP contribution in [0, 0.1) is 24.7 Å². The minimum absolute atomic E-state index is 0.368. The summed E-state index contributed by atoms with van der Waals surface area (Å²) in [6.45, 7) is 0. The molecule has 1 aromatic carbocycles. The standard InChI is InChI=1S/C14H12O2/c1-4-12(14(15)5-2)10-11-6-8-13(16-3)9-7-11/h1-2,6-10,14-15H,3H3/b12-10+. The first kappa shape index (κ1) is 11.9. The molecule has 1 rings (SSSR count). The van der Waals surface area contributed by atoms with E-state index in [4.69, 9.17) is 17.6 Å². The number of aliphatic hydroxyl groups excluding tert-OH is 1. The molecule has 0 saturated heterocycles. The van der Waals surface area contributed by atoms with Crippen molar-refractivity contribution < 1.29 is 9.84 Å². The fourth-order valence-corrected chi connectivity index (χ4v) is 1.17. The minimum atomic E-state index is -1.04. The van der Waals surface area contributed by atoms with Crippen LogP contribution in [0.5, 0.6) is 5.75 Å². The molecule has 0 saturated carbocycles. The zero-order valence-electron chi connectivity index (χ0n) is 8.97. The maximum absolute atomic E-state index is 9.41. The number of benzene rings is 1. The van der Waals surface area contributed by atoms with Crippen LogP contribution in [0.15, 0.2) is 29.8 Å². The van der Waals surface area contributed by atoms with Crippen LogP contribution in [-0.4, -0.2) is 18.3 Å². The zero-order valence-corrected chi connectivity index (χ0v) is 8.97. The van der Waals surface area contributed by atoms with E-state index in [1.807, 2.05) is 24.3 Å². The van der Waals surface area contributed by atoms with E-state index < -0.39 is 6.10 Å². The van der Waals surface area contributed by atoms with E-state index in [0.29, 0.717) is 5.57 Å². The van der Waals surface area contributed by atoms with Gasteiger partial charge in [-0.05, 0) is 23.8 Å². The van der Waals surface area contributed by atoms with Gasteiger partial charge in [0.25, 0.3) is 0 Å². The Kier molecular flexibility index (Phi) is 4.21. The molecule has 0 heterocycles. The Hall–Kier alpha value is -2.16. The molecule has 16 heavy (non-hydrogen) atoms. The quantitative estimate of drug-likeness (QED) is 0.773. The molecule has 1 unspecified atom stereocenters. The van der Waals surface area contributed by atoms with Gasteiger partial charge in [-0.3, -0.25) is 0 Å². The Bertz CT molecular complexity index is 455. The van der Waals surface area contributed by atoms with Gasteiger partial charge in [-0.15, -0.1) is 12.8 Å². The summed E-state index contributed by atoms with van der Waals surface area (Å²) in [5.41, 5.74) is 1.23. The first-order valence-electron chi connectivity index (χ1n) is 4.67. The van der Waals surface area contributed by atoms with Gasteiger partial charge in [0, 0.05) is 5.57 Å². The molecule has 0 aliphatic heterocycles. The topological polar surface area (TPSA) is 29.5 Å². The van der Waals surface area contributed by atoms with Crippen molar-refractivity contribution >= 4 is 6.08 Å². The number of terminal acetylenes is 2. The van der Waals surface area contributed by atoms with Crippen LogP contribution in [0.4, 0.5) is 0 Å². The van der Waals surface area contributed by atoms with Crippen LogP contribution in [0.25, 0.3) is 6.08 Å². The van der Waals surface area contributed by atoms with Gasteiger partial charge >= 0.3 is 0 Å². The molecular weight excluding hydrogens is 200 g/mol. The Labute approximate surface area is 95.6 Å². The van der Waals surface area contributed by atoms with Crippen molar-refractivity contribution in [3.05, 3.63) is 35.4 Å². The van der Waals surface area contributed by atoms with Gasteiger partial charge < -0.3 is 9.84 Å². The molecule has 0 bridgehead atoms. The lowest BCUT2D eigenvalue weighted by molar-refractivity contribution is 0.274. The smallest absolute Gasteiger partial charge is 0.147 e. The zero-order chi connectivity index (χ0) is 12.0. The largest absolute Gasteiger partial charge is 0.497 e. The van der Waals surface area contributed by atoms with Gasteiger partial charge in [-0.1, -0.05) is 24.0 Å². The van der Waals surface area contributed by atoms with Crippen LogP contribution < -0.4 is 4.74 Å². The Balaban J connectivity index is 2.98. The summed E-state index contributed by atoms with van der Waals surface area (Å²) in [4.78, 5) is 0. The van der Waals surface area contributed by atoms with E-state index >= 15 is 0 Å². The maximum Gasteiger partial charge on any atom is 0.147 e. The SMILES string of the molecule is C#C/C(=C\c1ccc(OC)cc1)C(O)C#C. The van der Waals surface area contributed by atoms with Crippen molar-refractivity contribution in [3.8, 4) is 30.4 Å². The molecule has 0 amide bonds. The summed E-state index contributed by atoms with van der Waals surface area (Å²) in [6, 6.07) is 7.28. The van der Waals surface area contributed by atoms with Gasteiger partial charge in [0.2, 0.25) is 0 Å². The van der Waals surface area contributed by atoms with Crippen molar-refractivity contribution in [1.29, 1.82) is 0 Å². The normalized spacial score (nSPS) is 12.4. The van der Waals surface area contributed by atoms with Crippen LogP contribution in [0.3, 0.4) is 0 Å². The molecule has 1 atom stereocenters. The lowest BCUT2D eigenvalue weighted by Gasteiger charge is -2.03. The highest BCUT2D eigenvalue weighted by atomic mass is 16.5. The highest BCUT2D eigenvalue weighted by Gasteiger charge is 2.04. The number of rotatable bonds is 3. The molecule has 1 aromatic rings. The van der Waals surface area contributed by atoms with Gasteiger partial charge in [0.05, 0.1) is 7.11 Å². The highest BCUT2D eigenvalue weighted by molar-refractivity contribution is 5.60. The summed E-state index contributed by atoms with van der Waals surface area (Å²) in [6.07, 6.45) is 11.0. The van der Waals surface area contributed by atoms with Gasteiger partial charge in [0.1, 0.15) is 11.9 Å². The number of hydrogen-bond acceptors (Lipinski definition) is 2. The number of methoxy groups -OCH3 is 1. The summed E-state index contributed by atoms with van der Waals surface area (Å²) >= 11 is 0. The monoisotopic (exact) mass is 212 g/mol. The number of hydrogen-bond donors (Lipinski definition) is 1. The Morgan fingerprint density at radius 3 is 2.44 bits per heavy atom. The molecule has 0 aromatic heterocycles. The summed E-state index contributed by atoms with van der Waals surface area (Å²) in [5.74, 6) is 5.31. The fourth-order valence-electron chi connectivity index (χ4n) is 1.17. The van der Waals surface area contributed by atoms with Gasteiger partial charge in [0.15, 0.2) is 0 Å². The molecular formula is C14H12O2. The van der Waals surface area contributed by atoms with E-state index in [1.165, 1.54) is 0 Å². The average molecular weight is 212 g/mol. The summed E-state index contributed by atoms with van der Waals surface area (Å²) in [7, 11) is 1.60. The molecule has 0 spiro atoms. The van der Waals surface area contributed by atoms with Crippen molar-refractivity contribution in [3.63, 3.8) is 0 Å². The van der Waals surface area contributed by atoms with Gasteiger partial charge in [-0.25, -0.2) is 0 Å². The van der Waals surface area contributed by atoms with E-state index in [9.17, 15) is 5.11 Å². The third kappa shape index (κ3) is 2.92. The van der Waals surface area contributed by atoms with Gasteiger partial charge in [-0.2, -0.15) is 0 Å². The second-order valence-electron chi connectivity index (χ2n) is 3.09. The molecule has 1 N–H and O–H groups in total. The fraction of sp³-hybridized carbons (Fsp3) is 0.143. The van der Waals surface area contributed by atoms with E-state index in [1.54, 1.807) is 13.2 Å². The first-order chi connectivity index (χ1) is 7.71. The van der Waals surface area contributed by atoms with Crippen molar-refractivity contribution in [1.82, 2.24) is 0 Å². The van der Waals surface area contributed by atoms with Crippen LogP contribution in [0.1, 0.15) is 5.56 Å². The van der Waals surface area contributed by atoms with Crippen LogP contribution >= 0.6 is 0 Å². The predicted molar refractivity (Wildman–Crippen MR) is 64.6 cm³/mol. The molecule has 0 fully saturated rings. The number of ether oxygens (including phenoxy) is 1. The van der Waals surface area contributed by atoms with Crippen LogP contribution in [0.2, 0.25) is 0 Å². The second kappa shape index (κ2) is 5.66. The summed E-state index contributed by atoms with van der Waals surface area (Å²) < 4.78 is 5.03. The second-order valence-corrected chi connectivity index (χ2v) is 3.09. The average Bonchev–Trinajstić information content (AvgIpc) is 2.35.